The summed E-state index contributed by atoms with van der Waals surface area (Å²) in [5.41, 5.74) is 3.58. The van der Waals surface area contributed by atoms with Gasteiger partial charge >= 0.3 is 6.03 Å². The molecule has 0 radical (unpaired) electrons. The highest BCUT2D eigenvalue weighted by Gasteiger charge is 2.17. The third-order valence-electron chi connectivity index (χ3n) is 5.67. The van der Waals surface area contributed by atoms with E-state index < -0.39 is 12.1 Å². The molecule has 9 heteroatoms. The molecule has 36 heavy (non-hydrogen) atoms. The summed E-state index contributed by atoms with van der Waals surface area (Å²) in [4.78, 5) is 35.8. The minimum absolute atomic E-state index is 0.202. The second kappa shape index (κ2) is 10.2. The number of hydrogen-bond donors (Lipinski definition) is 6. The van der Waals surface area contributed by atoms with E-state index in [9.17, 15) is 14.7 Å². The van der Waals surface area contributed by atoms with Gasteiger partial charge in [0.1, 0.15) is 11.4 Å². The maximum Gasteiger partial charge on any atom is 0.323 e. The molecule has 5 rings (SSSR count). The molecule has 0 aliphatic carbocycles. The highest BCUT2D eigenvalue weighted by molar-refractivity contribution is 6.05. The number of fused-ring (bicyclic) bond motifs is 1. The molecule has 2 amide bonds. The van der Waals surface area contributed by atoms with E-state index in [-0.39, 0.29) is 12.1 Å². The molecule has 0 saturated heterocycles. The number of rotatable bonds is 7. The predicted octanol–water partition coefficient (Wildman–Crippen LogP) is 4.71. The largest absolute Gasteiger partial charge is 0.387 e. The van der Waals surface area contributed by atoms with E-state index in [4.69, 9.17) is 0 Å². The van der Waals surface area contributed by atoms with Crippen LogP contribution in [0, 0.1) is 0 Å². The van der Waals surface area contributed by atoms with Gasteiger partial charge in [0.05, 0.1) is 28.5 Å². The molecule has 0 spiro atoms. The monoisotopic (exact) mass is 480 g/mol. The number of imidazole rings is 1. The molecule has 0 aliphatic rings. The van der Waals surface area contributed by atoms with E-state index in [1.807, 2.05) is 48.5 Å². The van der Waals surface area contributed by atoms with Crippen LogP contribution in [0.4, 0.5) is 21.9 Å². The van der Waals surface area contributed by atoms with Crippen LogP contribution in [0.5, 0.6) is 0 Å². The first-order valence-electron chi connectivity index (χ1n) is 11.4. The highest BCUT2D eigenvalue weighted by Crippen LogP contribution is 2.28. The minimum Gasteiger partial charge on any atom is -0.387 e. The molecule has 0 fully saturated rings. The third kappa shape index (κ3) is 4.96. The van der Waals surface area contributed by atoms with Crippen LogP contribution in [0.15, 0.2) is 95.9 Å². The number of H-pyrrole nitrogens is 2. The van der Waals surface area contributed by atoms with Gasteiger partial charge in [0.15, 0.2) is 0 Å². The van der Waals surface area contributed by atoms with Crippen LogP contribution in [0.3, 0.4) is 0 Å². The molecule has 0 bridgehead atoms. The number of carbonyl (C=O) groups excluding carboxylic acids is 1. The van der Waals surface area contributed by atoms with Gasteiger partial charge in [-0.3, -0.25) is 4.79 Å². The number of para-hydroxylation sites is 2. The summed E-state index contributed by atoms with van der Waals surface area (Å²) in [5.74, 6) is 0.335. The summed E-state index contributed by atoms with van der Waals surface area (Å²) >= 11 is 0. The quantitative estimate of drug-likeness (QED) is 0.201. The standard InChI is InChI=1S/C27H24N6O3/c34-22(17-8-3-1-4-9-17)16-29-19-14-15-28-26(35)23(19)25-31-20-12-7-13-21(24(20)33-25)32-27(36)30-18-10-5-2-6-11-18/h1-15,22,34H,16H2,(H,31,33)(H2,28,29,35)(H2,30,32,36). The third-order valence-corrected chi connectivity index (χ3v) is 5.67. The van der Waals surface area contributed by atoms with Crippen LogP contribution in [-0.2, 0) is 0 Å². The zero-order valence-corrected chi connectivity index (χ0v) is 19.2. The van der Waals surface area contributed by atoms with Crippen LogP contribution < -0.4 is 21.5 Å². The molecule has 9 nitrogen and oxygen atoms in total. The number of benzene rings is 3. The van der Waals surface area contributed by atoms with E-state index in [1.54, 1.807) is 36.4 Å². The van der Waals surface area contributed by atoms with Gasteiger partial charge in [-0.15, -0.1) is 0 Å². The summed E-state index contributed by atoms with van der Waals surface area (Å²) in [6, 6.07) is 25.0. The lowest BCUT2D eigenvalue weighted by atomic mass is 10.1. The van der Waals surface area contributed by atoms with Crippen molar-refractivity contribution in [1.29, 1.82) is 0 Å². The molecule has 3 aromatic carbocycles. The van der Waals surface area contributed by atoms with E-state index >= 15 is 0 Å². The number of carbonyl (C=O) groups is 1. The van der Waals surface area contributed by atoms with Gasteiger partial charge in [-0.25, -0.2) is 9.78 Å². The molecule has 1 unspecified atom stereocenters. The first-order valence-corrected chi connectivity index (χ1v) is 11.4. The van der Waals surface area contributed by atoms with Crippen molar-refractivity contribution in [1.82, 2.24) is 15.0 Å². The van der Waals surface area contributed by atoms with Crippen LogP contribution in [-0.4, -0.2) is 32.6 Å². The molecule has 0 aliphatic heterocycles. The Hall–Kier alpha value is -4.89. The van der Waals surface area contributed by atoms with Gasteiger partial charge in [-0.1, -0.05) is 54.6 Å². The zero-order chi connectivity index (χ0) is 24.9. The number of amides is 2. The van der Waals surface area contributed by atoms with E-state index in [0.29, 0.717) is 39.5 Å². The predicted molar refractivity (Wildman–Crippen MR) is 141 cm³/mol. The summed E-state index contributed by atoms with van der Waals surface area (Å²) < 4.78 is 0. The van der Waals surface area contributed by atoms with Crippen molar-refractivity contribution in [2.45, 2.75) is 6.10 Å². The van der Waals surface area contributed by atoms with Crippen LogP contribution in [0.25, 0.3) is 22.4 Å². The molecule has 6 N–H and O–H groups in total. The number of pyridine rings is 1. The maximum absolute atomic E-state index is 12.8. The summed E-state index contributed by atoms with van der Waals surface area (Å²) in [6.07, 6.45) is 0.778. The van der Waals surface area contributed by atoms with Gasteiger partial charge in [0.25, 0.3) is 5.56 Å². The van der Waals surface area contributed by atoms with Crippen molar-refractivity contribution < 1.29 is 9.90 Å². The number of aromatic amines is 2. The normalized spacial score (nSPS) is 11.7. The summed E-state index contributed by atoms with van der Waals surface area (Å²) in [5, 5.41) is 19.3. The van der Waals surface area contributed by atoms with Gasteiger partial charge in [-0.2, -0.15) is 0 Å². The Kier molecular flexibility index (Phi) is 6.46. The number of aliphatic hydroxyl groups excluding tert-OH is 1. The minimum atomic E-state index is -0.757. The molecule has 2 aromatic heterocycles. The number of nitrogens with zero attached hydrogens (tertiary/aromatic N) is 1. The van der Waals surface area contributed by atoms with Crippen molar-refractivity contribution in [3.8, 4) is 11.4 Å². The van der Waals surface area contributed by atoms with E-state index in [0.717, 1.165) is 5.56 Å². The fourth-order valence-corrected chi connectivity index (χ4v) is 3.92. The Balaban J connectivity index is 1.41. The smallest absolute Gasteiger partial charge is 0.323 e. The average molecular weight is 481 g/mol. The molecule has 1 atom stereocenters. The average Bonchev–Trinajstić information content (AvgIpc) is 3.33. The summed E-state index contributed by atoms with van der Waals surface area (Å²) in [6.45, 7) is 0.202. The van der Waals surface area contributed by atoms with Gasteiger partial charge in [-0.05, 0) is 35.9 Å². The maximum atomic E-state index is 12.8. The molecule has 5 aromatic rings. The molecule has 180 valence electrons. The fraction of sp³-hybridized carbons (Fsp3) is 0.0741. The number of aromatic nitrogens is 3. The van der Waals surface area contributed by atoms with E-state index in [1.165, 1.54) is 6.20 Å². The van der Waals surface area contributed by atoms with Gasteiger partial charge in [0, 0.05) is 18.4 Å². The lowest BCUT2D eigenvalue weighted by molar-refractivity contribution is 0.191. The fourth-order valence-electron chi connectivity index (χ4n) is 3.92. The number of aliphatic hydroxyl groups is 1. The Labute approximate surface area is 206 Å². The number of urea groups is 1. The Morgan fingerprint density at radius 3 is 2.42 bits per heavy atom. The van der Waals surface area contributed by atoms with Crippen molar-refractivity contribution in [2.24, 2.45) is 0 Å². The van der Waals surface area contributed by atoms with Crippen molar-refractivity contribution in [3.05, 3.63) is 107 Å². The van der Waals surface area contributed by atoms with Crippen molar-refractivity contribution in [2.75, 3.05) is 22.5 Å². The lowest BCUT2D eigenvalue weighted by Crippen LogP contribution is -2.19. The van der Waals surface area contributed by atoms with Crippen LogP contribution in [0.1, 0.15) is 11.7 Å². The first kappa shape index (κ1) is 22.9. The Morgan fingerprint density at radius 2 is 1.64 bits per heavy atom. The van der Waals surface area contributed by atoms with Crippen LogP contribution in [0.2, 0.25) is 0 Å². The topological polar surface area (TPSA) is 135 Å². The molecular formula is C27H24N6O3. The number of anilines is 3. The lowest BCUT2D eigenvalue weighted by Gasteiger charge is -2.14. The first-order chi connectivity index (χ1) is 17.6. The highest BCUT2D eigenvalue weighted by atomic mass is 16.3. The zero-order valence-electron chi connectivity index (χ0n) is 19.2. The SMILES string of the molecule is O=C(Nc1ccccc1)Nc1cccc2nc(-c3c(NCC(O)c4ccccc4)cc[nH]c3=O)[nH]c12. The molecule has 2 heterocycles. The van der Waals surface area contributed by atoms with E-state index in [2.05, 4.69) is 30.9 Å². The second-order valence-corrected chi connectivity index (χ2v) is 8.13. The molecule has 0 saturated carbocycles. The number of nitrogens with one attached hydrogen (secondary N) is 5. The molecular weight excluding hydrogens is 456 g/mol. The Bertz CT molecular complexity index is 1550. The van der Waals surface area contributed by atoms with Crippen LogP contribution >= 0.6 is 0 Å². The number of hydrogen-bond acceptors (Lipinski definition) is 5. The second-order valence-electron chi connectivity index (χ2n) is 8.13. The van der Waals surface area contributed by atoms with Crippen molar-refractivity contribution >= 4 is 34.1 Å². The Morgan fingerprint density at radius 1 is 0.889 bits per heavy atom. The summed E-state index contributed by atoms with van der Waals surface area (Å²) in [7, 11) is 0. The van der Waals surface area contributed by atoms with Gasteiger partial charge < -0.3 is 31.0 Å². The van der Waals surface area contributed by atoms with Gasteiger partial charge in [0.2, 0.25) is 0 Å². The van der Waals surface area contributed by atoms with Crippen molar-refractivity contribution in [3.63, 3.8) is 0 Å².